The summed E-state index contributed by atoms with van der Waals surface area (Å²) in [6.45, 7) is 3.66. The van der Waals surface area contributed by atoms with Crippen molar-refractivity contribution in [3.63, 3.8) is 0 Å². The molecule has 1 aromatic rings. The third kappa shape index (κ3) is 6.10. The highest BCUT2D eigenvalue weighted by Crippen LogP contribution is 2.16. The number of nitrogens with zero attached hydrogens (tertiary/aromatic N) is 1. The molecule has 0 heterocycles. The predicted octanol–water partition coefficient (Wildman–Crippen LogP) is 1.57. The van der Waals surface area contributed by atoms with Crippen LogP contribution in [0.25, 0.3) is 0 Å². The lowest BCUT2D eigenvalue weighted by Gasteiger charge is -2.15. The van der Waals surface area contributed by atoms with Gasteiger partial charge in [0.2, 0.25) is 0 Å². The summed E-state index contributed by atoms with van der Waals surface area (Å²) < 4.78 is 15.5. The number of ether oxygens (including phenoxy) is 3. The number of likely N-dealkylation sites (N-methyl/N-ethyl adjacent to an activating group) is 1. The van der Waals surface area contributed by atoms with E-state index in [1.165, 1.54) is 0 Å². The molecule has 106 valence electrons. The minimum Gasteiger partial charge on any atom is -0.497 e. The van der Waals surface area contributed by atoms with Crippen molar-refractivity contribution < 1.29 is 19.0 Å². The average molecular weight is 267 g/mol. The molecule has 0 aromatic heterocycles. The van der Waals surface area contributed by atoms with Crippen LogP contribution >= 0.6 is 0 Å². The molecule has 0 bridgehead atoms. The molecule has 0 saturated heterocycles. The molecule has 0 amide bonds. The van der Waals surface area contributed by atoms with Crippen LogP contribution in [0.3, 0.4) is 0 Å². The van der Waals surface area contributed by atoms with Crippen molar-refractivity contribution in [2.24, 2.45) is 0 Å². The van der Waals surface area contributed by atoms with E-state index in [2.05, 4.69) is 0 Å². The number of hydrogen-bond donors (Lipinski definition) is 0. The summed E-state index contributed by atoms with van der Waals surface area (Å²) in [6.07, 6.45) is 0. The molecule has 19 heavy (non-hydrogen) atoms. The monoisotopic (exact) mass is 267 g/mol. The predicted molar refractivity (Wildman–Crippen MR) is 72.6 cm³/mol. The molecule has 0 atom stereocenters. The number of esters is 1. The number of carbonyl (C=O) groups excluding carboxylic acids is 1. The zero-order valence-electron chi connectivity index (χ0n) is 11.7. The second-order valence-electron chi connectivity index (χ2n) is 4.07. The van der Waals surface area contributed by atoms with E-state index in [1.54, 1.807) is 14.0 Å². The maximum Gasteiger partial charge on any atom is 0.320 e. The van der Waals surface area contributed by atoms with Gasteiger partial charge in [0, 0.05) is 6.54 Å². The molecule has 0 aliphatic heterocycles. The van der Waals surface area contributed by atoms with Crippen molar-refractivity contribution in [2.75, 3.05) is 40.5 Å². The number of hydrogen-bond acceptors (Lipinski definition) is 5. The molecule has 0 unspecified atom stereocenters. The van der Waals surface area contributed by atoms with Crippen molar-refractivity contribution in [1.29, 1.82) is 0 Å². The zero-order chi connectivity index (χ0) is 14.1. The molecular weight excluding hydrogens is 246 g/mol. The highest BCUT2D eigenvalue weighted by Gasteiger charge is 2.06. The van der Waals surface area contributed by atoms with E-state index in [-0.39, 0.29) is 12.5 Å². The topological polar surface area (TPSA) is 48.0 Å². The Morgan fingerprint density at radius 3 is 2.42 bits per heavy atom. The lowest BCUT2D eigenvalue weighted by molar-refractivity contribution is -0.144. The summed E-state index contributed by atoms with van der Waals surface area (Å²) in [7, 11) is 3.48. The number of carbonyl (C=O) groups is 1. The van der Waals surface area contributed by atoms with Gasteiger partial charge in [-0.25, -0.2) is 0 Å². The smallest absolute Gasteiger partial charge is 0.320 e. The summed E-state index contributed by atoms with van der Waals surface area (Å²) in [4.78, 5) is 13.1. The molecule has 1 rings (SSSR count). The Morgan fingerprint density at radius 2 is 1.84 bits per heavy atom. The van der Waals surface area contributed by atoms with Crippen molar-refractivity contribution in [3.05, 3.63) is 24.3 Å². The van der Waals surface area contributed by atoms with Gasteiger partial charge in [-0.05, 0) is 38.2 Å². The van der Waals surface area contributed by atoms with E-state index in [0.29, 0.717) is 19.8 Å². The largest absolute Gasteiger partial charge is 0.497 e. The van der Waals surface area contributed by atoms with Gasteiger partial charge in [0.15, 0.2) is 0 Å². The van der Waals surface area contributed by atoms with Gasteiger partial charge < -0.3 is 14.2 Å². The highest BCUT2D eigenvalue weighted by molar-refractivity contribution is 5.71. The quantitative estimate of drug-likeness (QED) is 0.669. The summed E-state index contributed by atoms with van der Waals surface area (Å²) >= 11 is 0. The molecule has 5 nitrogen and oxygen atoms in total. The summed E-state index contributed by atoms with van der Waals surface area (Å²) in [5.74, 6) is 1.37. The summed E-state index contributed by atoms with van der Waals surface area (Å²) in [5, 5.41) is 0. The summed E-state index contributed by atoms with van der Waals surface area (Å²) in [6, 6.07) is 7.39. The van der Waals surface area contributed by atoms with E-state index >= 15 is 0 Å². The van der Waals surface area contributed by atoms with Crippen molar-refractivity contribution in [1.82, 2.24) is 4.90 Å². The van der Waals surface area contributed by atoms with Crippen LogP contribution in [0.5, 0.6) is 11.5 Å². The third-order valence-electron chi connectivity index (χ3n) is 2.51. The van der Waals surface area contributed by atoms with Crippen LogP contribution in [0.2, 0.25) is 0 Å². The first-order chi connectivity index (χ1) is 9.15. The Morgan fingerprint density at radius 1 is 1.21 bits per heavy atom. The van der Waals surface area contributed by atoms with Gasteiger partial charge in [0.05, 0.1) is 20.3 Å². The molecule has 5 heteroatoms. The Labute approximate surface area is 114 Å². The molecule has 0 radical (unpaired) electrons. The van der Waals surface area contributed by atoms with Gasteiger partial charge in [0.1, 0.15) is 18.1 Å². The van der Waals surface area contributed by atoms with Crippen molar-refractivity contribution in [2.45, 2.75) is 6.92 Å². The first kappa shape index (κ1) is 15.3. The van der Waals surface area contributed by atoms with E-state index < -0.39 is 0 Å². The molecule has 0 N–H and O–H groups in total. The van der Waals surface area contributed by atoms with Gasteiger partial charge in [-0.3, -0.25) is 9.69 Å². The third-order valence-corrected chi connectivity index (χ3v) is 2.51. The highest BCUT2D eigenvalue weighted by atomic mass is 16.5. The fraction of sp³-hybridized carbons (Fsp3) is 0.500. The Balaban J connectivity index is 2.23. The van der Waals surface area contributed by atoms with Crippen LogP contribution in [0.1, 0.15) is 6.92 Å². The average Bonchev–Trinajstić information content (AvgIpc) is 2.39. The molecule has 0 aliphatic carbocycles. The second-order valence-corrected chi connectivity index (χ2v) is 4.07. The Bertz CT molecular complexity index is 378. The van der Waals surface area contributed by atoms with Crippen LogP contribution in [0.4, 0.5) is 0 Å². The van der Waals surface area contributed by atoms with Crippen molar-refractivity contribution >= 4 is 5.97 Å². The van der Waals surface area contributed by atoms with Gasteiger partial charge >= 0.3 is 5.97 Å². The SMILES string of the molecule is CCOC(=O)CN(C)CCOc1ccc(OC)cc1. The van der Waals surface area contributed by atoms with Crippen molar-refractivity contribution in [3.8, 4) is 11.5 Å². The van der Waals surface area contributed by atoms with E-state index in [1.807, 2.05) is 36.2 Å². The fourth-order valence-electron chi connectivity index (χ4n) is 1.50. The Kier molecular flexibility index (Phi) is 6.74. The van der Waals surface area contributed by atoms with Crippen LogP contribution in [0, 0.1) is 0 Å². The maximum absolute atomic E-state index is 11.2. The van der Waals surface area contributed by atoms with E-state index in [4.69, 9.17) is 14.2 Å². The summed E-state index contributed by atoms with van der Waals surface area (Å²) in [5.41, 5.74) is 0. The molecule has 0 aliphatic rings. The zero-order valence-corrected chi connectivity index (χ0v) is 11.7. The van der Waals surface area contributed by atoms with Gasteiger partial charge in [0.25, 0.3) is 0 Å². The van der Waals surface area contributed by atoms with Crippen LogP contribution in [-0.2, 0) is 9.53 Å². The Hall–Kier alpha value is -1.75. The van der Waals surface area contributed by atoms with Gasteiger partial charge in [-0.15, -0.1) is 0 Å². The van der Waals surface area contributed by atoms with Crippen LogP contribution < -0.4 is 9.47 Å². The number of benzene rings is 1. The molecule has 0 fully saturated rings. The first-order valence-electron chi connectivity index (χ1n) is 6.26. The maximum atomic E-state index is 11.2. The van der Waals surface area contributed by atoms with Gasteiger partial charge in [-0.2, -0.15) is 0 Å². The minimum atomic E-state index is -0.213. The number of rotatable bonds is 8. The molecule has 1 aromatic carbocycles. The first-order valence-corrected chi connectivity index (χ1v) is 6.26. The molecular formula is C14H21NO4. The molecule has 0 saturated carbocycles. The second kappa shape index (κ2) is 8.37. The number of methoxy groups -OCH3 is 1. The van der Waals surface area contributed by atoms with E-state index in [0.717, 1.165) is 11.5 Å². The minimum absolute atomic E-state index is 0.213. The van der Waals surface area contributed by atoms with Gasteiger partial charge in [-0.1, -0.05) is 0 Å². The fourth-order valence-corrected chi connectivity index (χ4v) is 1.50. The lowest BCUT2D eigenvalue weighted by atomic mass is 10.3. The van der Waals surface area contributed by atoms with Crippen LogP contribution in [-0.4, -0.2) is 51.3 Å². The normalized spacial score (nSPS) is 10.3. The lowest BCUT2D eigenvalue weighted by Crippen LogP contribution is -2.30. The molecule has 0 spiro atoms. The van der Waals surface area contributed by atoms with E-state index in [9.17, 15) is 4.79 Å². The van der Waals surface area contributed by atoms with Crippen LogP contribution in [0.15, 0.2) is 24.3 Å². The standard InChI is InChI=1S/C14H21NO4/c1-4-18-14(16)11-15(2)9-10-19-13-7-5-12(17-3)6-8-13/h5-8H,4,9-11H2,1-3H3.